The van der Waals surface area contributed by atoms with E-state index in [1.807, 2.05) is 6.92 Å². The van der Waals surface area contributed by atoms with Crippen LogP contribution in [0.15, 0.2) is 24.3 Å². The third-order valence-electron chi connectivity index (χ3n) is 2.69. The van der Waals surface area contributed by atoms with Gasteiger partial charge in [-0.2, -0.15) is 0 Å². The van der Waals surface area contributed by atoms with Gasteiger partial charge in [-0.3, -0.25) is 0 Å². The number of aliphatic hydroxyl groups excluding tert-OH is 1. The van der Waals surface area contributed by atoms with Crippen LogP contribution in [0.25, 0.3) is 0 Å². The van der Waals surface area contributed by atoms with Crippen LogP contribution in [0.4, 0.5) is 5.69 Å². The van der Waals surface area contributed by atoms with Crippen molar-refractivity contribution < 1.29 is 5.11 Å². The number of aryl methyl sites for hydroxylation is 1. The van der Waals surface area contributed by atoms with Gasteiger partial charge in [-0.05, 0) is 31.4 Å². The number of hydrogen-bond acceptors (Lipinski definition) is 2. The van der Waals surface area contributed by atoms with Crippen molar-refractivity contribution >= 4 is 5.69 Å². The third-order valence-corrected chi connectivity index (χ3v) is 2.69. The summed E-state index contributed by atoms with van der Waals surface area (Å²) in [5.41, 5.74) is 2.72. The number of nitrogens with zero attached hydrogens (tertiary/aromatic N) is 1. The van der Waals surface area contributed by atoms with E-state index in [1.165, 1.54) is 24.1 Å². The molecule has 2 nitrogen and oxygen atoms in total. The second kappa shape index (κ2) is 4.01. The van der Waals surface area contributed by atoms with Crippen molar-refractivity contribution in [2.75, 3.05) is 18.0 Å². The molecular formula is C12H17NO. The zero-order valence-corrected chi connectivity index (χ0v) is 8.61. The second-order valence-electron chi connectivity index (χ2n) is 4.03. The van der Waals surface area contributed by atoms with Gasteiger partial charge in [0.15, 0.2) is 0 Å². The Hall–Kier alpha value is -1.02. The Bertz CT molecular complexity index is 309. The van der Waals surface area contributed by atoms with E-state index in [0.717, 1.165) is 13.1 Å². The maximum atomic E-state index is 9.39. The molecule has 0 amide bonds. The van der Waals surface area contributed by atoms with Crippen LogP contribution in [-0.4, -0.2) is 24.3 Å². The van der Waals surface area contributed by atoms with Crippen LogP contribution in [0.1, 0.15) is 18.9 Å². The average molecular weight is 191 g/mol. The Balaban J connectivity index is 2.22. The minimum atomic E-state index is -0.249. The molecule has 0 saturated heterocycles. The van der Waals surface area contributed by atoms with Gasteiger partial charge in [0.2, 0.25) is 0 Å². The first-order valence-electron chi connectivity index (χ1n) is 5.28. The fraction of sp³-hybridized carbons (Fsp3) is 0.500. The number of rotatable bonds is 2. The topological polar surface area (TPSA) is 23.5 Å². The van der Waals surface area contributed by atoms with E-state index >= 15 is 0 Å². The van der Waals surface area contributed by atoms with E-state index in [-0.39, 0.29) is 6.10 Å². The lowest BCUT2D eigenvalue weighted by molar-refractivity contribution is 0.199. The molecule has 0 radical (unpaired) electrons. The minimum absolute atomic E-state index is 0.249. The van der Waals surface area contributed by atoms with Gasteiger partial charge in [-0.25, -0.2) is 0 Å². The lowest BCUT2D eigenvalue weighted by Crippen LogP contribution is -2.35. The molecule has 14 heavy (non-hydrogen) atoms. The van der Waals surface area contributed by atoms with Crippen LogP contribution in [-0.2, 0) is 6.42 Å². The van der Waals surface area contributed by atoms with Gasteiger partial charge >= 0.3 is 0 Å². The molecule has 76 valence electrons. The first-order valence-corrected chi connectivity index (χ1v) is 5.28. The monoisotopic (exact) mass is 191 g/mol. The number of fused-ring (bicyclic) bond motifs is 1. The van der Waals surface area contributed by atoms with E-state index in [2.05, 4.69) is 29.2 Å². The molecule has 0 aliphatic carbocycles. The van der Waals surface area contributed by atoms with Crippen molar-refractivity contribution in [2.24, 2.45) is 0 Å². The summed E-state index contributed by atoms with van der Waals surface area (Å²) in [6, 6.07) is 8.49. The Labute approximate surface area is 85.2 Å². The zero-order chi connectivity index (χ0) is 9.97. The van der Waals surface area contributed by atoms with Crippen LogP contribution in [0.3, 0.4) is 0 Å². The van der Waals surface area contributed by atoms with Gasteiger partial charge in [0, 0.05) is 18.8 Å². The molecule has 1 aliphatic rings. The summed E-state index contributed by atoms with van der Waals surface area (Å²) in [5.74, 6) is 0. The highest BCUT2D eigenvalue weighted by Gasteiger charge is 2.16. The molecule has 0 unspecified atom stereocenters. The van der Waals surface area contributed by atoms with Crippen molar-refractivity contribution in [1.82, 2.24) is 0 Å². The van der Waals surface area contributed by atoms with Crippen LogP contribution in [0, 0.1) is 0 Å². The first-order chi connectivity index (χ1) is 6.77. The summed E-state index contributed by atoms with van der Waals surface area (Å²) in [6.45, 7) is 3.66. The quantitative estimate of drug-likeness (QED) is 0.770. The van der Waals surface area contributed by atoms with E-state index in [9.17, 15) is 5.11 Å². The average Bonchev–Trinajstić information content (AvgIpc) is 2.18. The molecule has 0 spiro atoms. The molecule has 1 aliphatic heterocycles. The van der Waals surface area contributed by atoms with Gasteiger partial charge in [0.05, 0.1) is 6.10 Å². The highest BCUT2D eigenvalue weighted by Crippen LogP contribution is 2.26. The predicted octanol–water partition coefficient (Wildman–Crippen LogP) is 1.82. The van der Waals surface area contributed by atoms with Crippen molar-refractivity contribution in [3.05, 3.63) is 29.8 Å². The summed E-state index contributed by atoms with van der Waals surface area (Å²) < 4.78 is 0. The van der Waals surface area contributed by atoms with Gasteiger partial charge in [0.25, 0.3) is 0 Å². The van der Waals surface area contributed by atoms with Crippen LogP contribution < -0.4 is 4.90 Å². The van der Waals surface area contributed by atoms with E-state index < -0.39 is 0 Å². The Kier molecular flexibility index (Phi) is 2.73. The normalized spacial score (nSPS) is 17.7. The van der Waals surface area contributed by atoms with E-state index in [4.69, 9.17) is 0 Å². The number of β-amino-alcohol motifs (C(OH)–C–C–N with tert-alkyl or cyclic N) is 1. The van der Waals surface area contributed by atoms with Gasteiger partial charge in [-0.1, -0.05) is 18.2 Å². The largest absolute Gasteiger partial charge is 0.392 e. The molecule has 0 saturated carbocycles. The zero-order valence-electron chi connectivity index (χ0n) is 8.61. The molecule has 1 aromatic carbocycles. The molecule has 2 heteroatoms. The molecule has 1 aromatic rings. The lowest BCUT2D eigenvalue weighted by atomic mass is 10.0. The van der Waals surface area contributed by atoms with Crippen LogP contribution >= 0.6 is 0 Å². The maximum Gasteiger partial charge on any atom is 0.0687 e. The Morgan fingerprint density at radius 1 is 1.43 bits per heavy atom. The summed E-state index contributed by atoms with van der Waals surface area (Å²) in [6.07, 6.45) is 2.12. The molecule has 0 bridgehead atoms. The molecule has 1 N–H and O–H groups in total. The second-order valence-corrected chi connectivity index (χ2v) is 4.03. The Morgan fingerprint density at radius 2 is 2.21 bits per heavy atom. The summed E-state index contributed by atoms with van der Waals surface area (Å²) in [5, 5.41) is 9.39. The minimum Gasteiger partial charge on any atom is -0.392 e. The number of anilines is 1. The SMILES string of the molecule is C[C@H](O)CN1CCCc2ccccc21. The number of benzene rings is 1. The van der Waals surface area contributed by atoms with Gasteiger partial charge in [-0.15, -0.1) is 0 Å². The van der Waals surface area contributed by atoms with E-state index in [0.29, 0.717) is 0 Å². The van der Waals surface area contributed by atoms with Crippen molar-refractivity contribution in [2.45, 2.75) is 25.9 Å². The summed E-state index contributed by atoms with van der Waals surface area (Å²) in [7, 11) is 0. The van der Waals surface area contributed by atoms with Crippen LogP contribution in [0.2, 0.25) is 0 Å². The fourth-order valence-electron chi connectivity index (χ4n) is 2.12. The highest BCUT2D eigenvalue weighted by atomic mass is 16.3. The van der Waals surface area contributed by atoms with Crippen LogP contribution in [0.5, 0.6) is 0 Å². The molecule has 2 rings (SSSR count). The number of para-hydroxylation sites is 1. The molecule has 1 atom stereocenters. The number of hydrogen-bond donors (Lipinski definition) is 1. The maximum absolute atomic E-state index is 9.39. The van der Waals surface area contributed by atoms with E-state index in [1.54, 1.807) is 0 Å². The Morgan fingerprint density at radius 3 is 3.00 bits per heavy atom. The molecule has 0 aromatic heterocycles. The van der Waals surface area contributed by atoms with Crippen molar-refractivity contribution in [1.29, 1.82) is 0 Å². The van der Waals surface area contributed by atoms with Crippen molar-refractivity contribution in [3.8, 4) is 0 Å². The molecular weight excluding hydrogens is 174 g/mol. The number of aliphatic hydroxyl groups is 1. The first kappa shape index (κ1) is 9.53. The van der Waals surface area contributed by atoms with Gasteiger partial charge < -0.3 is 10.0 Å². The standard InChI is InChI=1S/C12H17NO/c1-10(14)9-13-8-4-6-11-5-2-3-7-12(11)13/h2-3,5,7,10,14H,4,6,8-9H2,1H3/t10-/m0/s1. The lowest BCUT2D eigenvalue weighted by Gasteiger charge is -2.32. The third kappa shape index (κ3) is 1.90. The summed E-state index contributed by atoms with van der Waals surface area (Å²) >= 11 is 0. The fourth-order valence-corrected chi connectivity index (χ4v) is 2.12. The smallest absolute Gasteiger partial charge is 0.0687 e. The van der Waals surface area contributed by atoms with Crippen molar-refractivity contribution in [3.63, 3.8) is 0 Å². The predicted molar refractivity (Wildman–Crippen MR) is 58.7 cm³/mol. The van der Waals surface area contributed by atoms with Gasteiger partial charge in [0.1, 0.15) is 0 Å². The summed E-state index contributed by atoms with van der Waals surface area (Å²) in [4.78, 5) is 2.28. The highest BCUT2D eigenvalue weighted by molar-refractivity contribution is 5.55. The molecule has 0 fully saturated rings. The molecule has 1 heterocycles.